The van der Waals surface area contributed by atoms with Crippen molar-refractivity contribution in [3.8, 4) is 11.5 Å². The highest BCUT2D eigenvalue weighted by Gasteiger charge is 2.17. The lowest BCUT2D eigenvalue weighted by molar-refractivity contribution is 0.287. The van der Waals surface area contributed by atoms with Crippen molar-refractivity contribution >= 4 is 11.6 Å². The quantitative estimate of drug-likeness (QED) is 0.465. The van der Waals surface area contributed by atoms with E-state index in [0.29, 0.717) is 19.1 Å². The zero-order valence-corrected chi connectivity index (χ0v) is 15.1. The van der Waals surface area contributed by atoms with Gasteiger partial charge >= 0.3 is 0 Å². The maximum absolute atomic E-state index is 6.52. The van der Waals surface area contributed by atoms with Crippen molar-refractivity contribution in [2.24, 2.45) is 0 Å². The summed E-state index contributed by atoms with van der Waals surface area (Å²) in [6, 6.07) is 3.97. The van der Waals surface area contributed by atoms with Crippen LogP contribution in [0.4, 0.5) is 0 Å². The molecule has 0 heterocycles. The predicted octanol–water partition coefficient (Wildman–Crippen LogP) is 6.38. The third-order valence-corrected chi connectivity index (χ3v) is 3.89. The van der Waals surface area contributed by atoms with Crippen LogP contribution < -0.4 is 9.47 Å². The molecule has 0 saturated carbocycles. The average Bonchev–Trinajstić information content (AvgIpc) is 2.50. The van der Waals surface area contributed by atoms with Gasteiger partial charge < -0.3 is 9.47 Å². The Labute approximate surface area is 140 Å². The molecule has 0 N–H and O–H groups in total. The van der Waals surface area contributed by atoms with Crippen LogP contribution in [0.3, 0.4) is 0 Å². The molecule has 0 radical (unpaired) electrons. The van der Waals surface area contributed by atoms with Crippen LogP contribution in [-0.2, 0) is 0 Å². The SMILES string of the molecule is CC/C=C\CC(CCC)c1cc(OCC)c(OCC)cc1Cl. The van der Waals surface area contributed by atoms with E-state index in [1.54, 1.807) is 0 Å². The lowest BCUT2D eigenvalue weighted by Gasteiger charge is -2.20. The first-order chi connectivity index (χ1) is 10.7. The highest BCUT2D eigenvalue weighted by Crippen LogP contribution is 2.39. The average molecular weight is 325 g/mol. The molecule has 1 atom stereocenters. The van der Waals surface area contributed by atoms with Crippen LogP contribution in [0.1, 0.15) is 64.9 Å². The van der Waals surface area contributed by atoms with Gasteiger partial charge in [0.05, 0.1) is 13.2 Å². The van der Waals surface area contributed by atoms with Gasteiger partial charge in [-0.15, -0.1) is 0 Å². The normalized spacial score (nSPS) is 12.6. The van der Waals surface area contributed by atoms with E-state index in [0.717, 1.165) is 47.8 Å². The molecule has 1 unspecified atom stereocenters. The Morgan fingerprint density at radius 1 is 1.00 bits per heavy atom. The largest absolute Gasteiger partial charge is 0.490 e. The molecule has 0 aromatic heterocycles. The second-order valence-corrected chi connectivity index (χ2v) is 5.69. The molecular formula is C19H29ClO2. The van der Waals surface area contributed by atoms with Gasteiger partial charge in [-0.1, -0.05) is 44.0 Å². The van der Waals surface area contributed by atoms with Crippen molar-refractivity contribution in [1.29, 1.82) is 0 Å². The first-order valence-corrected chi connectivity index (χ1v) is 8.79. The van der Waals surface area contributed by atoms with Crippen LogP contribution in [0.5, 0.6) is 11.5 Å². The Balaban J connectivity index is 3.12. The Morgan fingerprint density at radius 3 is 2.18 bits per heavy atom. The van der Waals surface area contributed by atoms with Crippen LogP contribution in [0.15, 0.2) is 24.3 Å². The van der Waals surface area contributed by atoms with E-state index in [2.05, 4.69) is 32.1 Å². The first-order valence-electron chi connectivity index (χ1n) is 8.41. The van der Waals surface area contributed by atoms with Crippen LogP contribution in [-0.4, -0.2) is 13.2 Å². The van der Waals surface area contributed by atoms with E-state index in [4.69, 9.17) is 21.1 Å². The second kappa shape index (κ2) is 10.6. The Bertz CT molecular complexity index is 469. The second-order valence-electron chi connectivity index (χ2n) is 5.29. The summed E-state index contributed by atoms with van der Waals surface area (Å²) in [5, 5.41) is 0.773. The summed E-state index contributed by atoms with van der Waals surface area (Å²) in [7, 11) is 0. The summed E-state index contributed by atoms with van der Waals surface area (Å²) < 4.78 is 11.4. The highest BCUT2D eigenvalue weighted by atomic mass is 35.5. The molecule has 3 heteroatoms. The van der Waals surface area contributed by atoms with Gasteiger partial charge in [0.15, 0.2) is 11.5 Å². The molecule has 1 rings (SSSR count). The van der Waals surface area contributed by atoms with Crippen molar-refractivity contribution in [3.05, 3.63) is 34.9 Å². The molecule has 0 spiro atoms. The summed E-state index contributed by atoms with van der Waals surface area (Å²) in [6.07, 6.45) is 8.81. The Kier molecular flexibility index (Phi) is 9.07. The molecule has 0 amide bonds. The maximum atomic E-state index is 6.52. The lowest BCUT2D eigenvalue weighted by atomic mass is 9.90. The zero-order valence-electron chi connectivity index (χ0n) is 14.3. The monoisotopic (exact) mass is 324 g/mol. The number of hydrogen-bond acceptors (Lipinski definition) is 2. The molecule has 0 bridgehead atoms. The van der Waals surface area contributed by atoms with E-state index in [1.165, 1.54) is 0 Å². The smallest absolute Gasteiger partial charge is 0.162 e. The standard InChI is InChI=1S/C19H29ClO2/c1-5-9-10-12-15(11-6-2)16-13-18(21-7-3)19(22-8-4)14-17(16)20/h9-10,13-15H,5-8,11-12H2,1-4H3/b10-9-. The number of rotatable bonds is 10. The minimum Gasteiger partial charge on any atom is -0.490 e. The van der Waals surface area contributed by atoms with Crippen LogP contribution in [0, 0.1) is 0 Å². The van der Waals surface area contributed by atoms with Gasteiger partial charge in [0.2, 0.25) is 0 Å². The number of halogens is 1. The van der Waals surface area contributed by atoms with Gasteiger partial charge in [0.1, 0.15) is 0 Å². The van der Waals surface area contributed by atoms with Crippen LogP contribution >= 0.6 is 11.6 Å². The molecule has 0 aliphatic rings. The van der Waals surface area contributed by atoms with E-state index >= 15 is 0 Å². The summed E-state index contributed by atoms with van der Waals surface area (Å²) in [5.74, 6) is 1.96. The molecule has 0 saturated heterocycles. The van der Waals surface area contributed by atoms with Gasteiger partial charge in [0, 0.05) is 11.1 Å². The molecule has 124 valence electrons. The van der Waals surface area contributed by atoms with Gasteiger partial charge in [-0.2, -0.15) is 0 Å². The summed E-state index contributed by atoms with van der Waals surface area (Å²) >= 11 is 6.52. The number of ether oxygens (including phenoxy) is 2. The van der Waals surface area contributed by atoms with Gasteiger partial charge in [0.25, 0.3) is 0 Å². The molecule has 22 heavy (non-hydrogen) atoms. The summed E-state index contributed by atoms with van der Waals surface area (Å²) in [6.45, 7) is 9.54. The van der Waals surface area contributed by atoms with E-state index in [1.807, 2.05) is 19.9 Å². The number of allylic oxidation sites excluding steroid dienone is 2. The van der Waals surface area contributed by atoms with Crippen LogP contribution in [0.2, 0.25) is 5.02 Å². The molecular weight excluding hydrogens is 296 g/mol. The minimum atomic E-state index is 0.426. The highest BCUT2D eigenvalue weighted by molar-refractivity contribution is 6.31. The molecule has 0 fully saturated rings. The van der Waals surface area contributed by atoms with Crippen LogP contribution in [0.25, 0.3) is 0 Å². The first kappa shape index (κ1) is 18.9. The maximum Gasteiger partial charge on any atom is 0.162 e. The fraction of sp³-hybridized carbons (Fsp3) is 0.579. The molecule has 1 aromatic rings. The van der Waals surface area contributed by atoms with Gasteiger partial charge in [-0.3, -0.25) is 0 Å². The van der Waals surface area contributed by atoms with Gasteiger partial charge in [-0.05, 0) is 50.7 Å². The molecule has 1 aromatic carbocycles. The lowest BCUT2D eigenvalue weighted by Crippen LogP contribution is -2.03. The van der Waals surface area contributed by atoms with Crippen molar-refractivity contribution in [3.63, 3.8) is 0 Å². The van der Waals surface area contributed by atoms with E-state index in [-0.39, 0.29) is 0 Å². The molecule has 0 aliphatic heterocycles. The van der Waals surface area contributed by atoms with E-state index in [9.17, 15) is 0 Å². The molecule has 0 aliphatic carbocycles. The topological polar surface area (TPSA) is 18.5 Å². The third kappa shape index (κ3) is 5.57. The summed E-state index contributed by atoms with van der Waals surface area (Å²) in [4.78, 5) is 0. The van der Waals surface area contributed by atoms with Crippen molar-refractivity contribution in [1.82, 2.24) is 0 Å². The summed E-state index contributed by atoms with van der Waals surface area (Å²) in [5.41, 5.74) is 1.16. The van der Waals surface area contributed by atoms with Gasteiger partial charge in [-0.25, -0.2) is 0 Å². The molecule has 2 nitrogen and oxygen atoms in total. The Morgan fingerprint density at radius 2 is 1.64 bits per heavy atom. The third-order valence-electron chi connectivity index (χ3n) is 3.56. The zero-order chi connectivity index (χ0) is 16.4. The van der Waals surface area contributed by atoms with Crippen molar-refractivity contribution in [2.45, 2.75) is 59.3 Å². The minimum absolute atomic E-state index is 0.426. The Hall–Kier alpha value is -1.15. The fourth-order valence-corrected chi connectivity index (χ4v) is 2.88. The predicted molar refractivity (Wildman–Crippen MR) is 95.5 cm³/mol. The number of hydrogen-bond donors (Lipinski definition) is 0. The van der Waals surface area contributed by atoms with E-state index < -0.39 is 0 Å². The number of benzene rings is 1. The fourth-order valence-electron chi connectivity index (χ4n) is 2.58. The van der Waals surface area contributed by atoms with Crippen molar-refractivity contribution in [2.75, 3.05) is 13.2 Å². The van der Waals surface area contributed by atoms with Crippen molar-refractivity contribution < 1.29 is 9.47 Å².